The van der Waals surface area contributed by atoms with E-state index in [1.165, 1.54) is 12.1 Å². The van der Waals surface area contributed by atoms with Gasteiger partial charge in [-0.1, -0.05) is 35.5 Å². The van der Waals surface area contributed by atoms with Gasteiger partial charge in [0.25, 0.3) is 0 Å². The molecule has 1 amide bonds. The van der Waals surface area contributed by atoms with Crippen LogP contribution in [0.15, 0.2) is 59.1 Å². The van der Waals surface area contributed by atoms with Crippen LogP contribution in [0.4, 0.5) is 10.3 Å². The molecule has 7 heteroatoms. The Hall–Kier alpha value is -3.19. The summed E-state index contributed by atoms with van der Waals surface area (Å²) in [4.78, 5) is 19.7. The van der Waals surface area contributed by atoms with Crippen LogP contribution in [0.2, 0.25) is 0 Å². The lowest BCUT2D eigenvalue weighted by Crippen LogP contribution is -2.44. The van der Waals surface area contributed by atoms with Gasteiger partial charge in [-0.15, -0.1) is 0 Å². The van der Waals surface area contributed by atoms with E-state index in [0.717, 1.165) is 55.7 Å². The van der Waals surface area contributed by atoms with Crippen LogP contribution in [0.3, 0.4) is 0 Å². The number of nitrogens with zero attached hydrogens (tertiary/aromatic N) is 4. The molecule has 0 unspecified atom stereocenters. The molecule has 5 rings (SSSR count). The summed E-state index contributed by atoms with van der Waals surface area (Å²) in [5, 5.41) is 4.40. The van der Waals surface area contributed by atoms with Gasteiger partial charge in [-0.3, -0.25) is 4.79 Å². The number of carbonyl (C=O) groups excluding carboxylic acids is 1. The van der Waals surface area contributed by atoms with Crippen LogP contribution < -0.4 is 4.90 Å². The van der Waals surface area contributed by atoms with Crippen LogP contribution in [0.1, 0.15) is 24.0 Å². The van der Waals surface area contributed by atoms with E-state index in [0.29, 0.717) is 24.7 Å². The number of amides is 1. The van der Waals surface area contributed by atoms with Crippen molar-refractivity contribution in [2.45, 2.75) is 25.9 Å². The summed E-state index contributed by atoms with van der Waals surface area (Å²) in [6.07, 6.45) is 1.90. The number of rotatable bonds is 7. The van der Waals surface area contributed by atoms with Crippen LogP contribution >= 0.6 is 0 Å². The summed E-state index contributed by atoms with van der Waals surface area (Å²) in [7, 11) is 2.11. The maximum absolute atomic E-state index is 13.6. The van der Waals surface area contributed by atoms with Crippen molar-refractivity contribution < 1.29 is 13.7 Å². The maximum atomic E-state index is 13.6. The largest absolute Gasteiger partial charge is 0.338 e. The molecule has 1 saturated heterocycles. The lowest BCUT2D eigenvalue weighted by molar-refractivity contribution is -0.133. The quantitative estimate of drug-likeness (QED) is 0.543. The second kappa shape index (κ2) is 9.35. The number of carbonyl (C=O) groups is 1. The second-order valence-corrected chi connectivity index (χ2v) is 9.07. The average Bonchev–Trinajstić information content (AvgIpc) is 3.61. The molecule has 0 bridgehead atoms. The van der Waals surface area contributed by atoms with E-state index in [1.807, 2.05) is 35.2 Å². The number of anilines is 1. The monoisotopic (exact) mass is 448 g/mol. The van der Waals surface area contributed by atoms with Gasteiger partial charge in [0.15, 0.2) is 0 Å². The topological polar surface area (TPSA) is 52.8 Å². The van der Waals surface area contributed by atoms with Crippen molar-refractivity contribution in [3.05, 3.63) is 71.5 Å². The van der Waals surface area contributed by atoms with Crippen molar-refractivity contribution in [2.75, 3.05) is 38.1 Å². The number of hydrogen-bond donors (Lipinski definition) is 0. The third-order valence-corrected chi connectivity index (χ3v) is 6.48. The Labute approximate surface area is 193 Å². The number of likely N-dealkylation sites (N-methyl/N-ethyl adjacent to an activating group) is 1. The van der Waals surface area contributed by atoms with E-state index >= 15 is 0 Å². The Balaban J connectivity index is 1.50. The van der Waals surface area contributed by atoms with Gasteiger partial charge in [0.2, 0.25) is 11.8 Å². The molecule has 172 valence electrons. The molecule has 2 heterocycles. The van der Waals surface area contributed by atoms with Crippen molar-refractivity contribution in [1.29, 1.82) is 0 Å². The van der Waals surface area contributed by atoms with E-state index in [4.69, 9.17) is 4.52 Å². The third kappa shape index (κ3) is 4.93. The highest BCUT2D eigenvalue weighted by molar-refractivity contribution is 5.81. The van der Waals surface area contributed by atoms with Crippen molar-refractivity contribution in [1.82, 2.24) is 15.0 Å². The van der Waals surface area contributed by atoms with Crippen LogP contribution in [0.25, 0.3) is 11.3 Å². The van der Waals surface area contributed by atoms with Crippen LogP contribution in [-0.4, -0.2) is 54.1 Å². The predicted molar refractivity (Wildman–Crippen MR) is 125 cm³/mol. The van der Waals surface area contributed by atoms with Gasteiger partial charge in [0.05, 0.1) is 12.1 Å². The second-order valence-electron chi connectivity index (χ2n) is 9.07. The van der Waals surface area contributed by atoms with Gasteiger partial charge < -0.3 is 19.2 Å². The summed E-state index contributed by atoms with van der Waals surface area (Å²) >= 11 is 0. The standard InChI is InChI=1S/C26H29FN4O2/c1-29-13-15-30(16-14-29)26-23(24(28-33-26)20-9-11-22(27)12-10-20)18-31(25(32)21-7-8-21)17-19-5-3-2-4-6-19/h2-6,9-12,21H,7-8,13-18H2,1H3. The summed E-state index contributed by atoms with van der Waals surface area (Å²) < 4.78 is 19.5. The summed E-state index contributed by atoms with van der Waals surface area (Å²) in [5.41, 5.74) is 3.43. The van der Waals surface area contributed by atoms with Crippen molar-refractivity contribution >= 4 is 11.8 Å². The first kappa shape index (κ1) is 21.6. The molecule has 6 nitrogen and oxygen atoms in total. The highest BCUT2D eigenvalue weighted by atomic mass is 19.1. The zero-order chi connectivity index (χ0) is 22.8. The lowest BCUT2D eigenvalue weighted by atomic mass is 10.1. The molecular formula is C26H29FN4O2. The SMILES string of the molecule is CN1CCN(c2onc(-c3ccc(F)cc3)c2CN(Cc2ccccc2)C(=O)C2CC2)CC1. The maximum Gasteiger partial charge on any atom is 0.232 e. The van der Waals surface area contributed by atoms with Gasteiger partial charge in [-0.2, -0.15) is 0 Å². The highest BCUT2D eigenvalue weighted by Gasteiger charge is 2.35. The minimum Gasteiger partial charge on any atom is -0.338 e. The Morgan fingerprint density at radius 1 is 1.03 bits per heavy atom. The van der Waals surface area contributed by atoms with Crippen molar-refractivity contribution in [3.8, 4) is 11.3 Å². The first-order valence-corrected chi connectivity index (χ1v) is 11.6. The smallest absolute Gasteiger partial charge is 0.232 e. The molecule has 3 aromatic rings. The molecule has 1 aliphatic heterocycles. The lowest BCUT2D eigenvalue weighted by Gasteiger charge is -2.33. The van der Waals surface area contributed by atoms with E-state index in [-0.39, 0.29) is 17.6 Å². The Bertz CT molecular complexity index is 1090. The van der Waals surface area contributed by atoms with Gasteiger partial charge in [0.1, 0.15) is 11.5 Å². The number of aromatic nitrogens is 1. The summed E-state index contributed by atoms with van der Waals surface area (Å²) in [6.45, 7) is 4.46. The fraction of sp³-hybridized carbons (Fsp3) is 0.385. The number of benzene rings is 2. The fourth-order valence-electron chi connectivity index (χ4n) is 4.33. The Morgan fingerprint density at radius 2 is 1.73 bits per heavy atom. The first-order chi connectivity index (χ1) is 16.1. The third-order valence-electron chi connectivity index (χ3n) is 6.48. The van der Waals surface area contributed by atoms with Crippen molar-refractivity contribution in [2.24, 2.45) is 5.92 Å². The van der Waals surface area contributed by atoms with Gasteiger partial charge in [0, 0.05) is 44.2 Å². The van der Waals surface area contributed by atoms with E-state index in [2.05, 4.69) is 22.0 Å². The first-order valence-electron chi connectivity index (χ1n) is 11.6. The highest BCUT2D eigenvalue weighted by Crippen LogP contribution is 2.36. The Kier molecular flexibility index (Phi) is 6.13. The normalized spacial score (nSPS) is 16.7. The molecule has 33 heavy (non-hydrogen) atoms. The molecule has 2 fully saturated rings. The molecule has 1 aliphatic carbocycles. The zero-order valence-corrected chi connectivity index (χ0v) is 18.9. The van der Waals surface area contributed by atoms with E-state index < -0.39 is 0 Å². The minimum absolute atomic E-state index is 0.106. The Morgan fingerprint density at radius 3 is 2.39 bits per heavy atom. The molecule has 0 atom stereocenters. The van der Waals surface area contributed by atoms with Gasteiger partial charge in [-0.05, 0) is 49.7 Å². The minimum atomic E-state index is -0.294. The van der Waals surface area contributed by atoms with Crippen LogP contribution in [0, 0.1) is 11.7 Å². The molecule has 0 spiro atoms. The summed E-state index contributed by atoms with van der Waals surface area (Å²) in [5.74, 6) is 0.700. The molecular weight excluding hydrogens is 419 g/mol. The fourth-order valence-corrected chi connectivity index (χ4v) is 4.33. The predicted octanol–water partition coefficient (Wildman–Crippen LogP) is 4.17. The van der Waals surface area contributed by atoms with Gasteiger partial charge in [-0.25, -0.2) is 4.39 Å². The van der Waals surface area contributed by atoms with Crippen molar-refractivity contribution in [3.63, 3.8) is 0 Å². The van der Waals surface area contributed by atoms with E-state index in [1.54, 1.807) is 12.1 Å². The molecule has 1 saturated carbocycles. The molecule has 2 aliphatic rings. The molecule has 0 radical (unpaired) electrons. The summed E-state index contributed by atoms with van der Waals surface area (Å²) in [6, 6.07) is 16.4. The molecule has 2 aromatic carbocycles. The van der Waals surface area contributed by atoms with E-state index in [9.17, 15) is 9.18 Å². The number of piperazine rings is 1. The van der Waals surface area contributed by atoms with Gasteiger partial charge >= 0.3 is 0 Å². The number of hydrogen-bond acceptors (Lipinski definition) is 5. The zero-order valence-electron chi connectivity index (χ0n) is 18.9. The molecule has 1 aromatic heterocycles. The average molecular weight is 449 g/mol. The number of halogens is 1. The molecule has 0 N–H and O–H groups in total. The van der Waals surface area contributed by atoms with Crippen LogP contribution in [-0.2, 0) is 17.9 Å². The van der Waals surface area contributed by atoms with Crippen LogP contribution in [0.5, 0.6) is 0 Å².